The van der Waals surface area contributed by atoms with Crippen molar-refractivity contribution in [3.8, 4) is 5.75 Å². The summed E-state index contributed by atoms with van der Waals surface area (Å²) in [6.07, 6.45) is 0.533. The Labute approximate surface area is 173 Å². The second kappa shape index (κ2) is 9.59. The predicted octanol–water partition coefficient (Wildman–Crippen LogP) is 3.53. The molecular weight excluding hydrogens is 422 g/mol. The average molecular weight is 446 g/mol. The monoisotopic (exact) mass is 445 g/mol. The molecule has 148 valence electrons. The molecule has 0 saturated carbocycles. The fourth-order valence-corrected chi connectivity index (χ4v) is 3.41. The van der Waals surface area contributed by atoms with E-state index in [2.05, 4.69) is 26.1 Å². The number of ether oxygens (including phenoxy) is 1. The van der Waals surface area contributed by atoms with Gasteiger partial charge in [0.2, 0.25) is 5.91 Å². The van der Waals surface area contributed by atoms with Gasteiger partial charge in [-0.25, -0.2) is 0 Å². The van der Waals surface area contributed by atoms with E-state index in [0.29, 0.717) is 25.3 Å². The smallest absolute Gasteiger partial charge is 0.262 e. The van der Waals surface area contributed by atoms with Gasteiger partial charge >= 0.3 is 0 Å². The minimum Gasteiger partial charge on any atom is -0.484 e. The first-order valence-corrected chi connectivity index (χ1v) is 10.2. The van der Waals surface area contributed by atoms with Gasteiger partial charge < -0.3 is 19.9 Å². The molecule has 2 aromatic carbocycles. The van der Waals surface area contributed by atoms with Crippen LogP contribution in [0, 0.1) is 0 Å². The minimum atomic E-state index is -0.213. The topological polar surface area (TPSA) is 61.9 Å². The molecular formula is C21H24BrN3O3. The van der Waals surface area contributed by atoms with Crippen LogP contribution in [-0.2, 0) is 9.59 Å². The molecule has 7 heteroatoms. The van der Waals surface area contributed by atoms with Crippen molar-refractivity contribution in [3.63, 3.8) is 0 Å². The van der Waals surface area contributed by atoms with Gasteiger partial charge in [0.15, 0.2) is 6.61 Å². The normalized spacial score (nSPS) is 13.9. The number of hydrogen-bond acceptors (Lipinski definition) is 4. The zero-order valence-electron chi connectivity index (χ0n) is 15.9. The van der Waals surface area contributed by atoms with E-state index in [1.54, 1.807) is 0 Å². The van der Waals surface area contributed by atoms with Crippen LogP contribution >= 0.6 is 15.9 Å². The lowest BCUT2D eigenvalue weighted by atomic mass is 10.2. The number of hydrogen-bond donors (Lipinski definition) is 1. The van der Waals surface area contributed by atoms with Gasteiger partial charge in [-0.1, -0.05) is 35.0 Å². The molecule has 1 saturated heterocycles. The summed E-state index contributed by atoms with van der Waals surface area (Å²) in [5.74, 6) is 0.616. The molecule has 0 bridgehead atoms. The Bertz CT molecular complexity index is 818. The molecule has 1 heterocycles. The molecule has 0 unspecified atom stereocenters. The summed E-state index contributed by atoms with van der Waals surface area (Å²) < 4.78 is 6.50. The van der Waals surface area contributed by atoms with Gasteiger partial charge in [-0.05, 0) is 36.4 Å². The molecule has 0 radical (unpaired) electrons. The van der Waals surface area contributed by atoms with Crippen LogP contribution in [0.1, 0.15) is 13.3 Å². The number of amides is 2. The first-order chi connectivity index (χ1) is 13.6. The van der Waals surface area contributed by atoms with Crippen LogP contribution in [0.15, 0.2) is 53.0 Å². The van der Waals surface area contributed by atoms with Crippen molar-refractivity contribution in [3.05, 3.63) is 53.0 Å². The molecule has 2 amide bonds. The Balaban J connectivity index is 1.58. The number of rotatable bonds is 6. The molecule has 0 spiro atoms. The average Bonchev–Trinajstić information content (AvgIpc) is 2.73. The van der Waals surface area contributed by atoms with Crippen molar-refractivity contribution in [2.75, 3.05) is 43.0 Å². The van der Waals surface area contributed by atoms with Crippen molar-refractivity contribution in [1.29, 1.82) is 0 Å². The molecule has 0 aliphatic carbocycles. The highest BCUT2D eigenvalue weighted by molar-refractivity contribution is 9.10. The summed E-state index contributed by atoms with van der Waals surface area (Å²) in [6, 6.07) is 15.1. The highest BCUT2D eigenvalue weighted by Crippen LogP contribution is 2.27. The molecule has 1 N–H and O–H groups in total. The number of halogens is 1. The maximum Gasteiger partial charge on any atom is 0.262 e. The van der Waals surface area contributed by atoms with E-state index in [0.717, 1.165) is 28.9 Å². The van der Waals surface area contributed by atoms with E-state index in [9.17, 15) is 9.59 Å². The molecule has 0 aromatic heterocycles. The van der Waals surface area contributed by atoms with E-state index >= 15 is 0 Å². The Kier molecular flexibility index (Phi) is 6.92. The summed E-state index contributed by atoms with van der Waals surface area (Å²) in [5.41, 5.74) is 1.71. The molecule has 1 aliphatic rings. The number of carbonyl (C=O) groups excluding carboxylic acids is 2. The second-order valence-electron chi connectivity index (χ2n) is 6.53. The Morgan fingerprint density at radius 3 is 2.39 bits per heavy atom. The summed E-state index contributed by atoms with van der Waals surface area (Å²) >= 11 is 3.37. The molecule has 6 nitrogen and oxygen atoms in total. The van der Waals surface area contributed by atoms with Gasteiger partial charge in [-0.15, -0.1) is 0 Å². The van der Waals surface area contributed by atoms with Gasteiger partial charge in [-0.3, -0.25) is 9.59 Å². The third-order valence-electron chi connectivity index (χ3n) is 4.64. The molecule has 28 heavy (non-hydrogen) atoms. The molecule has 1 fully saturated rings. The number of piperazine rings is 1. The van der Waals surface area contributed by atoms with Crippen LogP contribution in [0.4, 0.5) is 11.4 Å². The van der Waals surface area contributed by atoms with Gasteiger partial charge in [-0.2, -0.15) is 0 Å². The lowest BCUT2D eigenvalue weighted by molar-refractivity contribution is -0.131. The third-order valence-corrected chi connectivity index (χ3v) is 5.17. The number of benzene rings is 2. The maximum absolute atomic E-state index is 12.4. The summed E-state index contributed by atoms with van der Waals surface area (Å²) in [5, 5.41) is 2.94. The van der Waals surface area contributed by atoms with E-state index in [1.807, 2.05) is 60.4 Å². The van der Waals surface area contributed by atoms with Crippen LogP contribution in [0.3, 0.4) is 0 Å². The maximum atomic E-state index is 12.4. The third kappa shape index (κ3) is 5.25. The number of nitrogens with zero attached hydrogens (tertiary/aromatic N) is 2. The summed E-state index contributed by atoms with van der Waals surface area (Å²) in [7, 11) is 0. The standard InChI is InChI=1S/C21H24BrN3O3/c1-2-21(27)25-13-11-24(12-14-25)19-6-4-3-5-18(19)23-20(26)15-28-17-9-7-16(22)8-10-17/h3-10H,2,11-15H2,1H3,(H,23,26). The summed E-state index contributed by atoms with van der Waals surface area (Å²) in [6.45, 7) is 4.70. The van der Waals surface area contributed by atoms with Crippen molar-refractivity contribution >= 4 is 39.1 Å². The predicted molar refractivity (Wildman–Crippen MR) is 114 cm³/mol. The van der Waals surface area contributed by atoms with Crippen LogP contribution in [-0.4, -0.2) is 49.5 Å². The lowest BCUT2D eigenvalue weighted by Crippen LogP contribution is -2.48. The Morgan fingerprint density at radius 1 is 1.04 bits per heavy atom. The SMILES string of the molecule is CCC(=O)N1CCN(c2ccccc2NC(=O)COc2ccc(Br)cc2)CC1. The first kappa shape index (κ1) is 20.2. The quantitative estimate of drug-likeness (QED) is 0.738. The van der Waals surface area contributed by atoms with E-state index in [4.69, 9.17) is 4.74 Å². The molecule has 3 rings (SSSR count). The van der Waals surface area contributed by atoms with Gasteiger partial charge in [0.1, 0.15) is 5.75 Å². The minimum absolute atomic E-state index is 0.0608. The second-order valence-corrected chi connectivity index (χ2v) is 7.44. The molecule has 2 aromatic rings. The fourth-order valence-electron chi connectivity index (χ4n) is 3.14. The van der Waals surface area contributed by atoms with Crippen molar-refractivity contribution in [2.45, 2.75) is 13.3 Å². The number of anilines is 2. The van der Waals surface area contributed by atoms with Crippen molar-refractivity contribution in [2.24, 2.45) is 0 Å². The molecule has 1 aliphatic heterocycles. The van der Waals surface area contributed by atoms with Gasteiger partial charge in [0.25, 0.3) is 5.91 Å². The van der Waals surface area contributed by atoms with Crippen LogP contribution in [0.5, 0.6) is 5.75 Å². The number of nitrogens with one attached hydrogen (secondary N) is 1. The van der Waals surface area contributed by atoms with E-state index in [1.165, 1.54) is 0 Å². The highest BCUT2D eigenvalue weighted by atomic mass is 79.9. The fraction of sp³-hybridized carbons (Fsp3) is 0.333. The highest BCUT2D eigenvalue weighted by Gasteiger charge is 2.22. The molecule has 0 atom stereocenters. The van der Waals surface area contributed by atoms with E-state index < -0.39 is 0 Å². The number of para-hydroxylation sites is 2. The van der Waals surface area contributed by atoms with Crippen LogP contribution in [0.25, 0.3) is 0 Å². The zero-order valence-corrected chi connectivity index (χ0v) is 17.4. The van der Waals surface area contributed by atoms with E-state index in [-0.39, 0.29) is 18.4 Å². The Morgan fingerprint density at radius 2 is 1.71 bits per heavy atom. The lowest BCUT2D eigenvalue weighted by Gasteiger charge is -2.36. The van der Waals surface area contributed by atoms with Crippen LogP contribution < -0.4 is 15.0 Å². The van der Waals surface area contributed by atoms with Crippen molar-refractivity contribution < 1.29 is 14.3 Å². The van der Waals surface area contributed by atoms with Crippen molar-refractivity contribution in [1.82, 2.24) is 4.90 Å². The van der Waals surface area contributed by atoms with Gasteiger partial charge in [0, 0.05) is 37.1 Å². The first-order valence-electron chi connectivity index (χ1n) is 9.37. The summed E-state index contributed by atoms with van der Waals surface area (Å²) in [4.78, 5) is 28.3. The largest absolute Gasteiger partial charge is 0.484 e. The van der Waals surface area contributed by atoms with Crippen LogP contribution in [0.2, 0.25) is 0 Å². The zero-order chi connectivity index (χ0) is 19.9. The number of carbonyl (C=O) groups is 2. The Hall–Kier alpha value is -2.54. The van der Waals surface area contributed by atoms with Gasteiger partial charge in [0.05, 0.1) is 11.4 Å².